The summed E-state index contributed by atoms with van der Waals surface area (Å²) in [4.78, 5) is 12.0. The molecule has 1 amide bonds. The van der Waals surface area contributed by atoms with Gasteiger partial charge < -0.3 is 5.32 Å². The van der Waals surface area contributed by atoms with Gasteiger partial charge in [-0.1, -0.05) is 71.9 Å². The van der Waals surface area contributed by atoms with Gasteiger partial charge in [-0.05, 0) is 18.1 Å². The molecule has 0 radical (unpaired) electrons. The van der Waals surface area contributed by atoms with Gasteiger partial charge in [0.25, 0.3) is 0 Å². The normalized spacial score (nSPS) is 19.4. The Morgan fingerprint density at radius 1 is 1.13 bits per heavy atom. The van der Waals surface area contributed by atoms with Crippen LogP contribution in [-0.2, 0) is 11.2 Å². The number of amides is 1. The summed E-state index contributed by atoms with van der Waals surface area (Å²) in [6.07, 6.45) is 2.25. The number of hydrogen-bond donors (Lipinski definition) is 1. The van der Waals surface area contributed by atoms with E-state index in [4.69, 9.17) is 11.6 Å². The number of carbonyl (C=O) groups excluding carboxylic acids is 1. The van der Waals surface area contributed by atoms with Crippen molar-refractivity contribution in [1.29, 1.82) is 0 Å². The van der Waals surface area contributed by atoms with E-state index >= 15 is 0 Å². The lowest BCUT2D eigenvalue weighted by Crippen LogP contribution is -2.25. The van der Waals surface area contributed by atoms with Crippen molar-refractivity contribution in [2.75, 3.05) is 0 Å². The Bertz CT molecular complexity index is 761. The second-order valence-electron chi connectivity index (χ2n) is 4.96. The number of rotatable bonds is 4. The molecule has 0 aromatic heterocycles. The molecular formula is C17H14ClN3OS. The van der Waals surface area contributed by atoms with Gasteiger partial charge >= 0.3 is 0 Å². The lowest BCUT2D eigenvalue weighted by atomic mass is 10.1. The van der Waals surface area contributed by atoms with Crippen molar-refractivity contribution in [2.24, 2.45) is 10.2 Å². The molecule has 1 heterocycles. The molecule has 2 aromatic carbocycles. The Hall–Kier alpha value is -2.11. The number of hydrogen-bond acceptors (Lipinski definition) is 4. The fourth-order valence-corrected chi connectivity index (χ4v) is 3.29. The van der Waals surface area contributed by atoms with Gasteiger partial charge in [0.2, 0.25) is 5.91 Å². The quantitative estimate of drug-likeness (QED) is 0.682. The van der Waals surface area contributed by atoms with Crippen LogP contribution >= 0.6 is 23.4 Å². The smallest absolute Gasteiger partial charge is 0.239 e. The van der Waals surface area contributed by atoms with Gasteiger partial charge in [0, 0.05) is 10.6 Å². The molecule has 2 aromatic rings. The molecule has 0 aliphatic carbocycles. The first-order valence-electron chi connectivity index (χ1n) is 7.09. The summed E-state index contributed by atoms with van der Waals surface area (Å²) < 4.78 is 0. The maximum atomic E-state index is 12.0. The number of thioether (sulfide) groups is 1. The molecule has 116 valence electrons. The van der Waals surface area contributed by atoms with Gasteiger partial charge in [-0.25, -0.2) is 0 Å². The summed E-state index contributed by atoms with van der Waals surface area (Å²) in [5.41, 5.74) is 1.91. The Kier molecular flexibility index (Phi) is 5.10. The van der Waals surface area contributed by atoms with Gasteiger partial charge in [-0.15, -0.1) is 5.10 Å². The summed E-state index contributed by atoms with van der Waals surface area (Å²) in [5.74, 6) is -0.0365. The molecule has 0 unspecified atom stereocenters. The van der Waals surface area contributed by atoms with Crippen molar-refractivity contribution in [2.45, 2.75) is 11.7 Å². The predicted molar refractivity (Wildman–Crippen MR) is 96.1 cm³/mol. The number of carbonyl (C=O) groups is 1. The van der Waals surface area contributed by atoms with Crippen LogP contribution in [-0.4, -0.2) is 22.5 Å². The summed E-state index contributed by atoms with van der Waals surface area (Å²) >= 11 is 7.44. The zero-order valence-corrected chi connectivity index (χ0v) is 13.7. The molecule has 1 atom stereocenters. The monoisotopic (exact) mass is 343 g/mol. The molecule has 23 heavy (non-hydrogen) atoms. The fraction of sp³-hybridized carbons (Fsp3) is 0.118. The number of halogens is 1. The molecule has 0 bridgehead atoms. The first-order chi connectivity index (χ1) is 11.2. The number of nitrogens with zero attached hydrogens (tertiary/aromatic N) is 2. The lowest BCUT2D eigenvalue weighted by molar-refractivity contribution is -0.118. The first kappa shape index (κ1) is 15.8. The summed E-state index contributed by atoms with van der Waals surface area (Å²) in [6.45, 7) is 0. The molecular weight excluding hydrogens is 330 g/mol. The van der Waals surface area contributed by atoms with Crippen LogP contribution in [0.15, 0.2) is 64.8 Å². The van der Waals surface area contributed by atoms with Crippen molar-refractivity contribution >= 4 is 40.7 Å². The first-order valence-corrected chi connectivity index (χ1v) is 8.35. The van der Waals surface area contributed by atoms with Crippen LogP contribution in [0, 0.1) is 0 Å². The van der Waals surface area contributed by atoms with Gasteiger partial charge in [-0.3, -0.25) is 4.79 Å². The second kappa shape index (κ2) is 7.44. The SMILES string of the molecule is O=C1N/C(=N/N=C\c2ccccc2Cl)S[C@@H]1Cc1ccccc1. The average molecular weight is 344 g/mol. The maximum absolute atomic E-state index is 12.0. The Balaban J connectivity index is 1.64. The minimum Gasteiger partial charge on any atom is -0.303 e. The number of amidine groups is 1. The van der Waals surface area contributed by atoms with Gasteiger partial charge in [-0.2, -0.15) is 5.10 Å². The molecule has 1 fully saturated rings. The fourth-order valence-electron chi connectivity index (χ4n) is 2.14. The minimum atomic E-state index is -0.174. The Morgan fingerprint density at radius 2 is 1.87 bits per heavy atom. The highest BCUT2D eigenvalue weighted by atomic mass is 35.5. The van der Waals surface area contributed by atoms with E-state index in [2.05, 4.69) is 15.5 Å². The topological polar surface area (TPSA) is 53.8 Å². The predicted octanol–water partition coefficient (Wildman–Crippen LogP) is 3.50. The number of benzene rings is 2. The van der Waals surface area contributed by atoms with E-state index in [9.17, 15) is 4.79 Å². The zero-order chi connectivity index (χ0) is 16.1. The van der Waals surface area contributed by atoms with Crippen molar-refractivity contribution < 1.29 is 4.79 Å². The van der Waals surface area contributed by atoms with Crippen molar-refractivity contribution in [3.8, 4) is 0 Å². The van der Waals surface area contributed by atoms with E-state index in [-0.39, 0.29) is 11.2 Å². The van der Waals surface area contributed by atoms with Crippen molar-refractivity contribution in [3.05, 3.63) is 70.7 Å². The van der Waals surface area contributed by atoms with Crippen LogP contribution in [0.4, 0.5) is 0 Å². The summed E-state index contributed by atoms with van der Waals surface area (Å²) in [5, 5.41) is 11.8. The molecule has 1 N–H and O–H groups in total. The Labute approximate surface area is 143 Å². The van der Waals surface area contributed by atoms with Crippen LogP contribution in [0.5, 0.6) is 0 Å². The average Bonchev–Trinajstić information content (AvgIpc) is 2.90. The largest absolute Gasteiger partial charge is 0.303 e. The molecule has 1 saturated heterocycles. The van der Waals surface area contributed by atoms with Crippen molar-refractivity contribution in [1.82, 2.24) is 5.32 Å². The van der Waals surface area contributed by atoms with E-state index in [1.54, 1.807) is 12.3 Å². The third kappa shape index (κ3) is 4.21. The van der Waals surface area contributed by atoms with Crippen LogP contribution in [0.2, 0.25) is 5.02 Å². The number of nitrogens with one attached hydrogen (secondary N) is 1. The molecule has 0 saturated carbocycles. The molecule has 0 spiro atoms. The third-order valence-electron chi connectivity index (χ3n) is 3.29. The molecule has 6 heteroatoms. The molecule has 1 aliphatic heterocycles. The molecule has 4 nitrogen and oxygen atoms in total. The van der Waals surface area contributed by atoms with Crippen LogP contribution in [0.3, 0.4) is 0 Å². The van der Waals surface area contributed by atoms with E-state index in [0.29, 0.717) is 16.6 Å². The maximum Gasteiger partial charge on any atom is 0.239 e. The van der Waals surface area contributed by atoms with E-state index < -0.39 is 0 Å². The Morgan fingerprint density at radius 3 is 2.65 bits per heavy atom. The summed E-state index contributed by atoms with van der Waals surface area (Å²) in [7, 11) is 0. The van der Waals surface area contributed by atoms with E-state index in [1.807, 2.05) is 48.5 Å². The van der Waals surface area contributed by atoms with Crippen LogP contribution < -0.4 is 5.32 Å². The zero-order valence-electron chi connectivity index (χ0n) is 12.1. The minimum absolute atomic E-state index is 0.0365. The van der Waals surface area contributed by atoms with Gasteiger partial charge in [0.15, 0.2) is 5.17 Å². The highest BCUT2D eigenvalue weighted by Crippen LogP contribution is 2.23. The lowest BCUT2D eigenvalue weighted by Gasteiger charge is -2.04. The van der Waals surface area contributed by atoms with E-state index in [0.717, 1.165) is 11.1 Å². The summed E-state index contributed by atoms with van der Waals surface area (Å²) in [6, 6.07) is 17.3. The van der Waals surface area contributed by atoms with E-state index in [1.165, 1.54) is 11.8 Å². The van der Waals surface area contributed by atoms with Crippen LogP contribution in [0.25, 0.3) is 0 Å². The van der Waals surface area contributed by atoms with Gasteiger partial charge in [0.05, 0.1) is 11.5 Å². The van der Waals surface area contributed by atoms with Crippen LogP contribution in [0.1, 0.15) is 11.1 Å². The highest BCUT2D eigenvalue weighted by molar-refractivity contribution is 8.15. The third-order valence-corrected chi connectivity index (χ3v) is 4.71. The van der Waals surface area contributed by atoms with Gasteiger partial charge in [0.1, 0.15) is 0 Å². The van der Waals surface area contributed by atoms with Crippen molar-refractivity contribution in [3.63, 3.8) is 0 Å². The second-order valence-corrected chi connectivity index (χ2v) is 6.56. The molecule has 1 aliphatic rings. The molecule has 3 rings (SSSR count). The standard InChI is InChI=1S/C17H14ClN3OS/c18-14-9-5-4-8-13(14)11-19-21-17-20-16(22)15(23-17)10-12-6-2-1-3-7-12/h1-9,11,15H,10H2,(H,20,21,22)/b19-11-/t15-/m1/s1. The highest BCUT2D eigenvalue weighted by Gasteiger charge is 2.30.